The highest BCUT2D eigenvalue weighted by atomic mass is 16.5. The summed E-state index contributed by atoms with van der Waals surface area (Å²) in [4.78, 5) is 14.1. The number of likely N-dealkylation sites (N-methyl/N-ethyl adjacent to an activating group) is 1. The number of hydrogen-bond acceptors (Lipinski definition) is 3. The van der Waals surface area contributed by atoms with Gasteiger partial charge in [0.15, 0.2) is 0 Å². The topological polar surface area (TPSA) is 41.6 Å². The summed E-state index contributed by atoms with van der Waals surface area (Å²) in [6.07, 6.45) is 1.99. The van der Waals surface area contributed by atoms with Crippen LogP contribution in [0.4, 0.5) is 5.69 Å². The van der Waals surface area contributed by atoms with Gasteiger partial charge in [-0.3, -0.25) is 9.69 Å². The average Bonchev–Trinajstić information content (AvgIpc) is 2.65. The molecule has 134 valence electrons. The normalized spacial score (nSPS) is 10.7. The maximum absolute atomic E-state index is 12.0. The minimum atomic E-state index is 0.0141. The van der Waals surface area contributed by atoms with Crippen LogP contribution in [-0.4, -0.2) is 37.0 Å². The largest absolute Gasteiger partial charge is 0.494 e. The van der Waals surface area contributed by atoms with E-state index in [0.717, 1.165) is 37.4 Å². The van der Waals surface area contributed by atoms with E-state index in [1.54, 1.807) is 0 Å². The lowest BCUT2D eigenvalue weighted by molar-refractivity contribution is -0.117. The van der Waals surface area contributed by atoms with E-state index < -0.39 is 0 Å². The van der Waals surface area contributed by atoms with Gasteiger partial charge in [-0.15, -0.1) is 0 Å². The first-order valence-corrected chi connectivity index (χ1v) is 9.00. The molecule has 2 rings (SSSR count). The molecule has 0 radical (unpaired) electrons. The highest BCUT2D eigenvalue weighted by molar-refractivity contribution is 5.92. The maximum atomic E-state index is 12.0. The number of anilines is 1. The van der Waals surface area contributed by atoms with Crippen LogP contribution in [0.5, 0.6) is 5.75 Å². The first-order chi connectivity index (χ1) is 12.2. The van der Waals surface area contributed by atoms with Gasteiger partial charge >= 0.3 is 0 Å². The second-order valence-electron chi connectivity index (χ2n) is 5.97. The van der Waals surface area contributed by atoms with Crippen LogP contribution in [0.15, 0.2) is 54.6 Å². The highest BCUT2D eigenvalue weighted by Crippen LogP contribution is 2.16. The van der Waals surface area contributed by atoms with Crippen molar-refractivity contribution < 1.29 is 9.53 Å². The lowest BCUT2D eigenvalue weighted by Gasteiger charge is -2.17. The van der Waals surface area contributed by atoms with Crippen molar-refractivity contribution in [3.63, 3.8) is 0 Å². The molecule has 1 N–H and O–H groups in total. The molecule has 2 aromatic carbocycles. The molecule has 0 saturated carbocycles. The molecule has 0 aromatic heterocycles. The standard InChI is InChI=1S/C21H28N2O2/c1-3-23(4-2)17-21(24)22-19-12-14-20(15-13-19)25-16-8-11-18-9-6-5-7-10-18/h5-7,9-10,12-15H,3-4,8,11,16-17H2,1-2H3,(H,22,24). The Morgan fingerprint density at radius 2 is 1.68 bits per heavy atom. The molecule has 0 aliphatic carbocycles. The third kappa shape index (κ3) is 6.98. The van der Waals surface area contributed by atoms with Crippen LogP contribution in [0.3, 0.4) is 0 Å². The monoisotopic (exact) mass is 340 g/mol. The first kappa shape index (κ1) is 19.0. The summed E-state index contributed by atoms with van der Waals surface area (Å²) in [6, 6.07) is 18.0. The Bertz CT molecular complexity index is 622. The zero-order chi connectivity index (χ0) is 17.9. The summed E-state index contributed by atoms with van der Waals surface area (Å²) in [5.74, 6) is 0.843. The van der Waals surface area contributed by atoms with Gasteiger partial charge in [-0.1, -0.05) is 44.2 Å². The maximum Gasteiger partial charge on any atom is 0.238 e. The average molecular weight is 340 g/mol. The first-order valence-electron chi connectivity index (χ1n) is 9.00. The summed E-state index contributed by atoms with van der Waals surface area (Å²) < 4.78 is 5.77. The molecule has 4 heteroatoms. The number of nitrogens with one attached hydrogen (secondary N) is 1. The lowest BCUT2D eigenvalue weighted by atomic mass is 10.1. The number of hydrogen-bond donors (Lipinski definition) is 1. The smallest absolute Gasteiger partial charge is 0.238 e. The van der Waals surface area contributed by atoms with Crippen LogP contribution >= 0.6 is 0 Å². The van der Waals surface area contributed by atoms with Gasteiger partial charge in [0, 0.05) is 5.69 Å². The van der Waals surface area contributed by atoms with Crippen LogP contribution in [0, 0.1) is 0 Å². The molecule has 1 amide bonds. The van der Waals surface area contributed by atoms with E-state index in [9.17, 15) is 4.79 Å². The Morgan fingerprint density at radius 1 is 1.00 bits per heavy atom. The Morgan fingerprint density at radius 3 is 2.32 bits per heavy atom. The van der Waals surface area contributed by atoms with E-state index in [2.05, 4.69) is 48.3 Å². The number of aryl methyl sites for hydroxylation is 1. The number of benzene rings is 2. The highest BCUT2D eigenvalue weighted by Gasteiger charge is 2.07. The van der Waals surface area contributed by atoms with Crippen molar-refractivity contribution >= 4 is 11.6 Å². The second kappa shape index (κ2) is 10.5. The number of rotatable bonds is 10. The van der Waals surface area contributed by atoms with Gasteiger partial charge in [0.05, 0.1) is 13.2 Å². The molecule has 0 spiro atoms. The van der Waals surface area contributed by atoms with E-state index in [-0.39, 0.29) is 5.91 Å². The molecule has 0 unspecified atom stereocenters. The fraction of sp³-hybridized carbons (Fsp3) is 0.381. The van der Waals surface area contributed by atoms with Gasteiger partial charge < -0.3 is 10.1 Å². The van der Waals surface area contributed by atoms with Gasteiger partial charge in [0.2, 0.25) is 5.91 Å². The number of ether oxygens (including phenoxy) is 1. The van der Waals surface area contributed by atoms with Crippen molar-refractivity contribution in [1.29, 1.82) is 0 Å². The number of nitrogens with zero attached hydrogens (tertiary/aromatic N) is 1. The molecule has 0 heterocycles. The molecular weight excluding hydrogens is 312 g/mol. The van der Waals surface area contributed by atoms with Gasteiger partial charge in [-0.25, -0.2) is 0 Å². The molecule has 0 saturated heterocycles. The van der Waals surface area contributed by atoms with Gasteiger partial charge in [-0.05, 0) is 55.8 Å². The van der Waals surface area contributed by atoms with E-state index in [4.69, 9.17) is 4.74 Å². The third-order valence-corrected chi connectivity index (χ3v) is 4.12. The molecule has 0 bridgehead atoms. The van der Waals surface area contributed by atoms with Gasteiger partial charge in [-0.2, -0.15) is 0 Å². The van der Waals surface area contributed by atoms with Crippen molar-refractivity contribution in [2.45, 2.75) is 26.7 Å². The Labute approximate surface area is 150 Å². The van der Waals surface area contributed by atoms with Gasteiger partial charge in [0.25, 0.3) is 0 Å². The molecule has 0 aliphatic heterocycles. The van der Waals surface area contributed by atoms with Crippen molar-refractivity contribution in [2.24, 2.45) is 0 Å². The summed E-state index contributed by atoms with van der Waals surface area (Å²) in [5.41, 5.74) is 2.13. The molecule has 2 aromatic rings. The fourth-order valence-corrected chi connectivity index (χ4v) is 2.60. The van der Waals surface area contributed by atoms with Crippen molar-refractivity contribution in [2.75, 3.05) is 31.6 Å². The summed E-state index contributed by atoms with van der Waals surface area (Å²) in [7, 11) is 0. The van der Waals surface area contributed by atoms with Crippen LogP contribution in [0.25, 0.3) is 0 Å². The zero-order valence-corrected chi connectivity index (χ0v) is 15.2. The fourth-order valence-electron chi connectivity index (χ4n) is 2.60. The summed E-state index contributed by atoms with van der Waals surface area (Å²) >= 11 is 0. The number of carbonyl (C=O) groups is 1. The SMILES string of the molecule is CCN(CC)CC(=O)Nc1ccc(OCCCc2ccccc2)cc1. The van der Waals surface area contributed by atoms with E-state index in [1.807, 2.05) is 30.3 Å². The van der Waals surface area contributed by atoms with Crippen LogP contribution < -0.4 is 10.1 Å². The Balaban J connectivity index is 1.71. The molecule has 0 fully saturated rings. The molecular formula is C21H28N2O2. The van der Waals surface area contributed by atoms with Crippen LogP contribution in [0.1, 0.15) is 25.8 Å². The molecule has 4 nitrogen and oxygen atoms in total. The minimum absolute atomic E-state index is 0.0141. The second-order valence-corrected chi connectivity index (χ2v) is 5.97. The molecule has 0 atom stereocenters. The van der Waals surface area contributed by atoms with E-state index in [1.165, 1.54) is 5.56 Å². The number of carbonyl (C=O) groups excluding carboxylic acids is 1. The van der Waals surface area contributed by atoms with E-state index in [0.29, 0.717) is 13.2 Å². The predicted molar refractivity (Wildman–Crippen MR) is 103 cm³/mol. The van der Waals surface area contributed by atoms with Gasteiger partial charge in [0.1, 0.15) is 5.75 Å². The van der Waals surface area contributed by atoms with Crippen molar-refractivity contribution in [1.82, 2.24) is 4.90 Å². The third-order valence-electron chi connectivity index (χ3n) is 4.12. The summed E-state index contributed by atoms with van der Waals surface area (Å²) in [5, 5.41) is 2.92. The zero-order valence-electron chi connectivity index (χ0n) is 15.2. The predicted octanol–water partition coefficient (Wildman–Crippen LogP) is 3.98. The summed E-state index contributed by atoms with van der Waals surface area (Å²) in [6.45, 7) is 6.97. The lowest BCUT2D eigenvalue weighted by Crippen LogP contribution is -2.32. The Kier molecular flexibility index (Phi) is 7.99. The Hall–Kier alpha value is -2.33. The van der Waals surface area contributed by atoms with Crippen LogP contribution in [0.2, 0.25) is 0 Å². The molecule has 0 aliphatic rings. The van der Waals surface area contributed by atoms with E-state index >= 15 is 0 Å². The number of amides is 1. The van der Waals surface area contributed by atoms with Crippen molar-refractivity contribution in [3.05, 3.63) is 60.2 Å². The molecule has 25 heavy (non-hydrogen) atoms. The quantitative estimate of drug-likeness (QED) is 0.665. The van der Waals surface area contributed by atoms with Crippen LogP contribution in [-0.2, 0) is 11.2 Å². The van der Waals surface area contributed by atoms with Crippen molar-refractivity contribution in [3.8, 4) is 5.75 Å². The minimum Gasteiger partial charge on any atom is -0.494 e.